The van der Waals surface area contributed by atoms with Gasteiger partial charge in [-0.05, 0) is 133 Å². The highest BCUT2D eigenvalue weighted by Crippen LogP contribution is 2.20. The number of benzene rings is 2. The second-order valence-electron chi connectivity index (χ2n) is 30.9. The van der Waals surface area contributed by atoms with Gasteiger partial charge in [-0.1, -0.05) is 118 Å². The third kappa shape index (κ3) is 37.2. The van der Waals surface area contributed by atoms with E-state index in [1.807, 2.05) is 13.8 Å². The third-order valence-electron chi connectivity index (χ3n) is 16.6. The van der Waals surface area contributed by atoms with Crippen molar-refractivity contribution in [1.29, 1.82) is 0 Å². The molecule has 0 heterocycles. The molecule has 37 heteroatoms. The number of aliphatic carboxylic acids is 1. The van der Waals surface area contributed by atoms with Crippen LogP contribution in [-0.2, 0) is 84.8 Å². The predicted molar refractivity (Wildman–Crippen MR) is 410 cm³/mol. The number of carboxylic acids is 1. The fraction of sp³-hybridized carbons (Fsp3) is 0.640. The molecule has 112 heavy (non-hydrogen) atoms. The van der Waals surface area contributed by atoms with E-state index >= 15 is 0 Å². The molecule has 21 N–H and O–H groups in total. The molecule has 2 aromatic carbocycles. The lowest BCUT2D eigenvalue weighted by Gasteiger charge is -2.31. The maximum atomic E-state index is 14.5. The molecule has 0 spiro atoms. The fourth-order valence-corrected chi connectivity index (χ4v) is 10.6. The monoisotopic (exact) mass is 1580 g/mol. The first-order valence-corrected chi connectivity index (χ1v) is 37.2. The van der Waals surface area contributed by atoms with Crippen molar-refractivity contribution in [2.75, 3.05) is 19.7 Å². The van der Waals surface area contributed by atoms with Crippen LogP contribution in [0.25, 0.3) is 0 Å². The number of esters is 1. The van der Waals surface area contributed by atoms with E-state index in [1.54, 1.807) is 127 Å². The van der Waals surface area contributed by atoms with Crippen molar-refractivity contribution in [2.24, 2.45) is 51.8 Å². The Labute approximate surface area is 655 Å². The highest BCUT2D eigenvalue weighted by molar-refractivity contribution is 5.99. The molecule has 0 aromatic heterocycles. The Morgan fingerprint density at radius 2 is 1.05 bits per heavy atom. The van der Waals surface area contributed by atoms with Crippen molar-refractivity contribution >= 4 is 89.2 Å². The van der Waals surface area contributed by atoms with Gasteiger partial charge in [0.2, 0.25) is 59.1 Å². The van der Waals surface area contributed by atoms with Gasteiger partial charge in [-0.3, -0.25) is 52.9 Å². The number of hydrogen-bond donors (Lipinski definition) is 18. The number of amides is 12. The largest absolute Gasteiger partial charge is 0.480 e. The van der Waals surface area contributed by atoms with Crippen molar-refractivity contribution in [3.8, 4) is 5.75 Å². The zero-order valence-corrected chi connectivity index (χ0v) is 67.1. The number of carbonyl (C=O) groups is 14. The van der Waals surface area contributed by atoms with Crippen LogP contribution in [-0.4, -0.2) is 219 Å². The standard InChI is InChI=1S/C75H121N15O22/c1-18-42(10)54(88-61(96)47(28-23-29-79-71(77)78)81-62(97)49(31-39(4)5)83-67(102)56(58(93)41(8)9)90-73(108)112-75(15,16)17)66(101)89-55(43(11)91)65(100)80-35-53(92)87-57(59(94)60(76)95)68(103)85-52(37-110-74(12,13)14)70(106)111-46-27-22-26-45(33-46)34-51(69(104)105)84-63(98)48(30-38(2)3)82-64(99)50(32-40(6)7)86-72(107)109-36-44-24-20-19-21-25-44/h19-22,24-27,33,38-43,47-52,54-59,91,93-94H,18,23,28-32,34-37H2,1-17H3,(H2,76,95)(H,80,100)(H,81,97)(H,82,99)(H,83,102)(H,84,98)(H,85,103)(H,86,107)(H,87,92)(H,88,96)(H,89,101)(H,90,108)(H,104,105)(H4,77,78,79)/t42-,43+,47-,48-,49-,50+,51-,52-,54-,55-,56-,57-,58+,59-/m0/s1/i/hD. The summed E-state index contributed by atoms with van der Waals surface area (Å²) in [5, 5.41) is 67.7. The van der Waals surface area contributed by atoms with Crippen LogP contribution in [0.5, 0.6) is 5.75 Å². The number of nitrogens with zero attached hydrogens (tertiary/aromatic N) is 1. The number of alkyl carbamates (subject to hydrolysis) is 2. The molecule has 0 aliphatic rings. The van der Waals surface area contributed by atoms with Gasteiger partial charge in [-0.2, -0.15) is 0 Å². The summed E-state index contributed by atoms with van der Waals surface area (Å²) in [6.45, 7) is 25.5. The molecule has 0 aliphatic carbocycles. The average molecular weight is 1590 g/mol. The minimum atomic E-state index is -2.52. The maximum Gasteiger partial charge on any atom is 0.408 e. The second kappa shape index (κ2) is 47.2. The molecule has 0 unspecified atom stereocenters. The Kier molecular flexibility index (Phi) is 40.4. The van der Waals surface area contributed by atoms with Crippen molar-refractivity contribution in [2.45, 2.75) is 259 Å². The summed E-state index contributed by atoms with van der Waals surface area (Å²) in [5.41, 5.74) is 15.3. The Morgan fingerprint density at radius 1 is 0.536 bits per heavy atom. The maximum absolute atomic E-state index is 14.5. The van der Waals surface area contributed by atoms with Crippen LogP contribution in [0.3, 0.4) is 0 Å². The predicted octanol–water partition coefficient (Wildman–Crippen LogP) is -0.301. The molecule has 12 amide bonds. The molecule has 2 aromatic rings. The first-order chi connectivity index (χ1) is 52.4. The van der Waals surface area contributed by atoms with Gasteiger partial charge in [0.15, 0.2) is 19.5 Å². The summed E-state index contributed by atoms with van der Waals surface area (Å²) >= 11 is 0. The Bertz CT molecular complexity index is 3550. The number of carbonyl (C=O) groups excluding carboxylic acids is 13. The number of aliphatic hydroxyl groups is 3. The van der Waals surface area contributed by atoms with Crippen molar-refractivity contribution in [3.63, 3.8) is 0 Å². The fourth-order valence-electron chi connectivity index (χ4n) is 10.6. The molecule has 0 saturated carbocycles. The zero-order valence-electron chi connectivity index (χ0n) is 68.1. The van der Waals surface area contributed by atoms with Gasteiger partial charge in [0.25, 0.3) is 0 Å². The Morgan fingerprint density at radius 3 is 1.58 bits per heavy atom. The average Bonchev–Trinajstić information content (AvgIpc) is 0.821. The van der Waals surface area contributed by atoms with Crippen LogP contribution < -0.4 is 80.4 Å². The molecule has 0 bridgehead atoms. The summed E-state index contributed by atoms with van der Waals surface area (Å²) in [6.07, 6.45) is -8.22. The van der Waals surface area contributed by atoms with E-state index in [1.165, 1.54) is 24.3 Å². The van der Waals surface area contributed by atoms with Crippen LogP contribution >= 0.6 is 0 Å². The van der Waals surface area contributed by atoms with Gasteiger partial charge in [0.05, 0.1) is 31.0 Å². The van der Waals surface area contributed by atoms with Gasteiger partial charge in [0, 0.05) is 13.0 Å². The molecule has 628 valence electrons. The Hall–Kier alpha value is -10.3. The van der Waals surface area contributed by atoms with E-state index in [0.717, 1.165) is 6.92 Å². The smallest absolute Gasteiger partial charge is 0.408 e. The van der Waals surface area contributed by atoms with E-state index in [4.69, 9.17) is 37.6 Å². The van der Waals surface area contributed by atoms with E-state index in [9.17, 15) is 87.5 Å². The zero-order chi connectivity index (χ0) is 86.1. The second-order valence-corrected chi connectivity index (χ2v) is 30.9. The van der Waals surface area contributed by atoms with Crippen LogP contribution in [0.2, 0.25) is 1.41 Å². The van der Waals surface area contributed by atoms with Gasteiger partial charge < -0.3 is 115 Å². The molecule has 0 saturated heterocycles. The summed E-state index contributed by atoms with van der Waals surface area (Å²) in [7, 11) is 0. The van der Waals surface area contributed by atoms with Crippen LogP contribution in [0, 0.1) is 29.6 Å². The minimum Gasteiger partial charge on any atom is -0.480 e. The number of carboxylic acid groups (broad SMARTS) is 1. The number of nitrogens with two attached hydrogens (primary N) is 3. The van der Waals surface area contributed by atoms with Crippen molar-refractivity contribution in [3.05, 3.63) is 65.7 Å². The van der Waals surface area contributed by atoms with E-state index in [0.29, 0.717) is 10.9 Å². The van der Waals surface area contributed by atoms with Crippen molar-refractivity contribution in [1.82, 2.24) is 58.5 Å². The molecule has 2 rings (SSSR count). The number of hydrogen-bond acceptors (Lipinski definition) is 22. The normalized spacial score (nSPS) is 15.4. The first-order valence-electron chi connectivity index (χ1n) is 37.6. The minimum absolute atomic E-state index is 0.0283. The first kappa shape index (κ1) is 95.9. The van der Waals surface area contributed by atoms with Gasteiger partial charge in [-0.15, -0.1) is 0 Å². The van der Waals surface area contributed by atoms with Crippen LogP contribution in [0.1, 0.15) is 167 Å². The molecule has 37 nitrogen and oxygen atoms in total. The highest BCUT2D eigenvalue weighted by atomic mass is 16.6. The van der Waals surface area contributed by atoms with E-state index < -0.39 is 205 Å². The summed E-state index contributed by atoms with van der Waals surface area (Å²) in [5.74, 6) is -16.8. The lowest BCUT2D eigenvalue weighted by Crippen LogP contribution is -2.62. The lowest BCUT2D eigenvalue weighted by atomic mass is 9.96. The molecule has 0 aliphatic heterocycles. The summed E-state index contributed by atoms with van der Waals surface area (Å²) in [6, 6.07) is -2.46. The molecular formula is C75H121N15O22. The highest BCUT2D eigenvalue weighted by Gasteiger charge is 2.41. The molecule has 0 radical (unpaired) electrons. The quantitative estimate of drug-likeness (QED) is 0.0133. The van der Waals surface area contributed by atoms with Gasteiger partial charge in [-0.25, -0.2) is 19.2 Å². The summed E-state index contributed by atoms with van der Waals surface area (Å²) in [4.78, 5) is 196. The number of guanidine groups is 1. The van der Waals surface area contributed by atoms with E-state index in [-0.39, 0.29) is 86.7 Å². The number of aliphatic hydroxyl groups excluding tert-OH is 3. The number of rotatable bonds is 46. The molecule has 14 atom stereocenters. The van der Waals surface area contributed by atoms with Gasteiger partial charge >= 0.3 is 24.1 Å². The topological polar surface area (TPSA) is 580 Å². The summed E-state index contributed by atoms with van der Waals surface area (Å²) < 4.78 is 31.1. The lowest BCUT2D eigenvalue weighted by molar-refractivity contribution is -0.145. The van der Waals surface area contributed by atoms with Crippen LogP contribution in [0.15, 0.2) is 59.6 Å². The Balaban J connectivity index is 2.41. The van der Waals surface area contributed by atoms with Gasteiger partial charge in [0.1, 0.15) is 72.3 Å². The number of nitrogens with one attached hydrogen (secondary N) is 11. The number of primary amides is 1. The van der Waals surface area contributed by atoms with Crippen LogP contribution in [0.4, 0.5) is 9.59 Å². The van der Waals surface area contributed by atoms with Crippen molar-refractivity contribution < 1.29 is 108 Å². The molecular weight excluding hydrogens is 1460 g/mol. The van der Waals surface area contributed by atoms with E-state index in [2.05, 4.69) is 58.2 Å². The third-order valence-corrected chi connectivity index (χ3v) is 16.6. The number of ether oxygens (including phenoxy) is 4. The number of aliphatic imine (C=N–C) groups is 1. The SMILES string of the molecule is [2H]N(C(=O)[C@@H](NC(=O)OC(C)(C)C)[C@H](O)C(C)C)[C@@H](CC(C)C)C(=O)N[C@@H](CCCN=C(N)N)C(=O)N[C@H](C(=O)N[C@H](C(=O)NCC(=O)N[C@H](C(=O)N[C@@H](COC(C)(C)C)C(=O)Oc1cccc(C[C@H](NC(=O)[C@H](CC(C)C)NC(=O)[C@@H](CC(C)C)NC(=O)OCc2ccccc2)C(=O)O)c1)[C@H](O)C(N)=O)[C@@H](C)O)[C@@H](C)CC. The molecule has 0 fully saturated rings.